The van der Waals surface area contributed by atoms with Crippen molar-refractivity contribution >= 4 is 22.2 Å². The summed E-state index contributed by atoms with van der Waals surface area (Å²) in [6.07, 6.45) is 5.89. The van der Waals surface area contributed by atoms with Crippen molar-refractivity contribution in [2.24, 2.45) is 11.3 Å². The highest BCUT2D eigenvalue weighted by atomic mass is 32.1. The van der Waals surface area contributed by atoms with Crippen molar-refractivity contribution in [3.63, 3.8) is 0 Å². The number of amides is 1. The summed E-state index contributed by atoms with van der Waals surface area (Å²) in [6, 6.07) is 3.67. The van der Waals surface area contributed by atoms with E-state index in [4.69, 9.17) is 10.2 Å². The average molecular weight is 346 g/mol. The molecule has 0 saturated heterocycles. The molecule has 0 saturated carbocycles. The van der Waals surface area contributed by atoms with Gasteiger partial charge in [0.1, 0.15) is 5.76 Å². The first-order chi connectivity index (χ1) is 11.4. The van der Waals surface area contributed by atoms with Crippen molar-refractivity contribution in [1.82, 2.24) is 5.32 Å². The molecule has 4 nitrogen and oxygen atoms in total. The molecule has 2 aromatic heterocycles. The van der Waals surface area contributed by atoms with Crippen LogP contribution in [0.1, 0.15) is 60.2 Å². The summed E-state index contributed by atoms with van der Waals surface area (Å²) in [5.41, 5.74) is 8.38. The zero-order chi connectivity index (χ0) is 17.3. The highest BCUT2D eigenvalue weighted by molar-refractivity contribution is 7.16. The van der Waals surface area contributed by atoms with Gasteiger partial charge in [-0.05, 0) is 48.3 Å². The number of carbonyl (C=O) groups is 1. The van der Waals surface area contributed by atoms with Crippen LogP contribution in [0.15, 0.2) is 22.8 Å². The summed E-state index contributed by atoms with van der Waals surface area (Å²) in [5.74, 6) is 1.32. The monoisotopic (exact) mass is 346 g/mol. The van der Waals surface area contributed by atoms with Crippen molar-refractivity contribution in [3.05, 3.63) is 40.2 Å². The number of hydrogen-bond acceptors (Lipinski definition) is 4. The fraction of sp³-hybridized carbons (Fsp3) is 0.526. The SMILES string of the molecule is CCC(C)(C)C1CCc2c(sc(N)c2C(=O)NCc2ccco2)C1. The highest BCUT2D eigenvalue weighted by Crippen LogP contribution is 2.44. The molecule has 2 aromatic rings. The Morgan fingerprint density at radius 2 is 2.29 bits per heavy atom. The van der Waals surface area contributed by atoms with E-state index in [9.17, 15) is 4.79 Å². The maximum absolute atomic E-state index is 12.6. The molecular weight excluding hydrogens is 320 g/mol. The molecule has 130 valence electrons. The van der Waals surface area contributed by atoms with Crippen LogP contribution in [0.3, 0.4) is 0 Å². The predicted octanol–water partition coefficient (Wildman–Crippen LogP) is 4.39. The molecule has 0 aromatic carbocycles. The lowest BCUT2D eigenvalue weighted by Gasteiger charge is -2.36. The zero-order valence-corrected chi connectivity index (χ0v) is 15.5. The molecule has 0 fully saturated rings. The van der Waals surface area contributed by atoms with Crippen LogP contribution in [-0.4, -0.2) is 5.91 Å². The standard InChI is InChI=1S/C19H26N2O2S/c1-4-19(2,3)12-7-8-14-15(10-12)24-17(20)16(14)18(22)21-11-13-6-5-9-23-13/h5-6,9,12H,4,7-8,10-11,20H2,1-3H3,(H,21,22). The molecule has 0 aliphatic heterocycles. The van der Waals surface area contributed by atoms with Gasteiger partial charge in [-0.1, -0.05) is 27.2 Å². The first kappa shape index (κ1) is 17.1. The number of furan rings is 1. The van der Waals surface area contributed by atoms with E-state index in [-0.39, 0.29) is 5.91 Å². The van der Waals surface area contributed by atoms with E-state index in [0.717, 1.165) is 30.6 Å². The molecule has 0 radical (unpaired) electrons. The number of carbonyl (C=O) groups excluding carboxylic acids is 1. The average Bonchev–Trinajstić information content (AvgIpc) is 3.18. The second kappa shape index (κ2) is 6.63. The molecule has 1 atom stereocenters. The Balaban J connectivity index is 1.76. The second-order valence-electron chi connectivity index (χ2n) is 7.29. The third kappa shape index (κ3) is 3.22. The van der Waals surface area contributed by atoms with Gasteiger partial charge in [0.15, 0.2) is 0 Å². The van der Waals surface area contributed by atoms with Crippen LogP contribution >= 0.6 is 11.3 Å². The van der Waals surface area contributed by atoms with Crippen LogP contribution in [-0.2, 0) is 19.4 Å². The van der Waals surface area contributed by atoms with E-state index in [1.165, 1.54) is 11.3 Å². The van der Waals surface area contributed by atoms with Gasteiger partial charge >= 0.3 is 0 Å². The summed E-state index contributed by atoms with van der Waals surface area (Å²) < 4.78 is 5.26. The van der Waals surface area contributed by atoms with Crippen LogP contribution < -0.4 is 11.1 Å². The Morgan fingerprint density at radius 3 is 2.96 bits per heavy atom. The zero-order valence-electron chi connectivity index (χ0n) is 14.6. The maximum atomic E-state index is 12.6. The lowest BCUT2D eigenvalue weighted by atomic mass is 9.69. The van der Waals surface area contributed by atoms with Gasteiger partial charge in [0.2, 0.25) is 0 Å². The van der Waals surface area contributed by atoms with Gasteiger partial charge in [-0.3, -0.25) is 4.79 Å². The van der Waals surface area contributed by atoms with E-state index in [1.807, 2.05) is 12.1 Å². The molecular formula is C19H26N2O2S. The third-order valence-electron chi connectivity index (χ3n) is 5.54. The minimum Gasteiger partial charge on any atom is -0.467 e. The van der Waals surface area contributed by atoms with Crippen LogP contribution in [0.4, 0.5) is 5.00 Å². The van der Waals surface area contributed by atoms with Crippen molar-refractivity contribution < 1.29 is 9.21 Å². The number of anilines is 1. The van der Waals surface area contributed by atoms with Gasteiger partial charge in [-0.25, -0.2) is 0 Å². The predicted molar refractivity (Wildman–Crippen MR) is 98.2 cm³/mol. The quantitative estimate of drug-likeness (QED) is 0.843. The molecule has 1 unspecified atom stereocenters. The third-order valence-corrected chi connectivity index (χ3v) is 6.62. The Bertz CT molecular complexity index is 716. The Kier molecular flexibility index (Phi) is 4.72. The summed E-state index contributed by atoms with van der Waals surface area (Å²) in [6.45, 7) is 7.33. The first-order valence-electron chi connectivity index (χ1n) is 8.63. The molecule has 0 bridgehead atoms. The largest absolute Gasteiger partial charge is 0.467 e. The lowest BCUT2D eigenvalue weighted by Crippen LogP contribution is -2.29. The Hall–Kier alpha value is -1.75. The summed E-state index contributed by atoms with van der Waals surface area (Å²) in [5, 5.41) is 3.57. The fourth-order valence-electron chi connectivity index (χ4n) is 3.48. The Labute approximate surface area is 147 Å². The van der Waals surface area contributed by atoms with Crippen molar-refractivity contribution in [1.29, 1.82) is 0 Å². The van der Waals surface area contributed by atoms with Gasteiger partial charge in [0, 0.05) is 4.88 Å². The number of thiophene rings is 1. The number of fused-ring (bicyclic) bond motifs is 1. The van der Waals surface area contributed by atoms with Crippen molar-refractivity contribution in [2.45, 2.75) is 53.0 Å². The van der Waals surface area contributed by atoms with Crippen LogP contribution in [0, 0.1) is 11.3 Å². The minimum atomic E-state index is -0.0883. The topological polar surface area (TPSA) is 68.3 Å². The number of nitrogens with two attached hydrogens (primary N) is 1. The van der Waals surface area contributed by atoms with Crippen LogP contribution in [0.25, 0.3) is 0 Å². The highest BCUT2D eigenvalue weighted by Gasteiger charge is 2.34. The molecule has 1 amide bonds. The maximum Gasteiger partial charge on any atom is 0.254 e. The first-order valence-corrected chi connectivity index (χ1v) is 9.44. The van der Waals surface area contributed by atoms with Gasteiger partial charge in [0.05, 0.1) is 23.4 Å². The van der Waals surface area contributed by atoms with Gasteiger partial charge in [-0.2, -0.15) is 0 Å². The lowest BCUT2D eigenvalue weighted by molar-refractivity contribution is 0.0947. The van der Waals surface area contributed by atoms with Crippen LogP contribution in [0.5, 0.6) is 0 Å². The molecule has 1 aliphatic carbocycles. The smallest absolute Gasteiger partial charge is 0.254 e. The molecule has 24 heavy (non-hydrogen) atoms. The van der Waals surface area contributed by atoms with Crippen LogP contribution in [0.2, 0.25) is 0 Å². The molecule has 1 aliphatic rings. The molecule has 3 N–H and O–H groups in total. The molecule has 0 spiro atoms. The molecule has 2 heterocycles. The van der Waals surface area contributed by atoms with E-state index < -0.39 is 0 Å². The van der Waals surface area contributed by atoms with Crippen molar-refractivity contribution in [2.75, 3.05) is 5.73 Å². The minimum absolute atomic E-state index is 0.0883. The van der Waals surface area contributed by atoms with E-state index in [2.05, 4.69) is 26.1 Å². The van der Waals surface area contributed by atoms with E-state index in [1.54, 1.807) is 17.6 Å². The normalized spacial score (nSPS) is 17.5. The molecule has 3 rings (SSSR count). The summed E-state index contributed by atoms with van der Waals surface area (Å²) in [4.78, 5) is 13.9. The summed E-state index contributed by atoms with van der Waals surface area (Å²) in [7, 11) is 0. The van der Waals surface area contributed by atoms with Gasteiger partial charge < -0.3 is 15.5 Å². The number of hydrogen-bond donors (Lipinski definition) is 2. The second-order valence-corrected chi connectivity index (χ2v) is 8.42. The number of nitrogens with one attached hydrogen (secondary N) is 1. The van der Waals surface area contributed by atoms with E-state index in [0.29, 0.717) is 28.4 Å². The molecule has 5 heteroatoms. The number of nitrogen functional groups attached to an aromatic ring is 1. The Morgan fingerprint density at radius 1 is 1.50 bits per heavy atom. The van der Waals surface area contributed by atoms with E-state index >= 15 is 0 Å². The summed E-state index contributed by atoms with van der Waals surface area (Å²) >= 11 is 1.59. The van der Waals surface area contributed by atoms with Crippen molar-refractivity contribution in [3.8, 4) is 0 Å². The fourth-order valence-corrected chi connectivity index (χ4v) is 4.68. The van der Waals surface area contributed by atoms with Gasteiger partial charge in [0.25, 0.3) is 5.91 Å². The number of rotatable bonds is 5. The van der Waals surface area contributed by atoms with Gasteiger partial charge in [-0.15, -0.1) is 11.3 Å².